The molecular weight excluding hydrogens is 356 g/mol. The first-order valence-electron chi connectivity index (χ1n) is 6.36. The van der Waals surface area contributed by atoms with Gasteiger partial charge >= 0.3 is 0 Å². The fourth-order valence-corrected chi connectivity index (χ4v) is 2.84. The molecule has 0 fully saturated rings. The number of hydrogen-bond donors (Lipinski definition) is 1. The number of benzene rings is 1. The number of halogens is 2. The summed E-state index contributed by atoms with van der Waals surface area (Å²) >= 11 is 2.18. The van der Waals surface area contributed by atoms with Crippen LogP contribution < -0.4 is 5.32 Å². The van der Waals surface area contributed by atoms with Crippen molar-refractivity contribution in [2.45, 2.75) is 26.4 Å². The van der Waals surface area contributed by atoms with Gasteiger partial charge in [0.2, 0.25) is 0 Å². The Bertz CT molecular complexity index is 553. The van der Waals surface area contributed by atoms with Crippen LogP contribution in [-0.2, 0) is 6.54 Å². The Morgan fingerprint density at radius 1 is 1.42 bits per heavy atom. The van der Waals surface area contributed by atoms with Crippen LogP contribution in [0.15, 0.2) is 30.6 Å². The van der Waals surface area contributed by atoms with E-state index in [4.69, 9.17) is 0 Å². The highest BCUT2D eigenvalue weighted by Gasteiger charge is 2.17. The molecule has 0 bridgehead atoms. The van der Waals surface area contributed by atoms with Gasteiger partial charge < -0.3 is 5.32 Å². The van der Waals surface area contributed by atoms with Crippen molar-refractivity contribution in [1.82, 2.24) is 15.1 Å². The molecule has 2 rings (SSSR count). The average Bonchev–Trinajstić information content (AvgIpc) is 2.85. The van der Waals surface area contributed by atoms with Crippen molar-refractivity contribution in [1.29, 1.82) is 0 Å². The molecule has 0 saturated carbocycles. The lowest BCUT2D eigenvalue weighted by molar-refractivity contribution is 0.609. The van der Waals surface area contributed by atoms with Crippen molar-refractivity contribution in [2.24, 2.45) is 0 Å². The summed E-state index contributed by atoms with van der Waals surface area (Å²) < 4.78 is 16.0. The molecule has 0 saturated heterocycles. The van der Waals surface area contributed by atoms with Gasteiger partial charge in [-0.3, -0.25) is 4.68 Å². The molecule has 0 spiro atoms. The molecular formula is C14H17FIN3. The van der Waals surface area contributed by atoms with Crippen LogP contribution >= 0.6 is 22.6 Å². The van der Waals surface area contributed by atoms with E-state index in [9.17, 15) is 4.39 Å². The topological polar surface area (TPSA) is 29.9 Å². The smallest absolute Gasteiger partial charge is 0.124 e. The Kier molecular flexibility index (Phi) is 4.93. The Labute approximate surface area is 126 Å². The van der Waals surface area contributed by atoms with Crippen LogP contribution in [0.4, 0.5) is 4.39 Å². The molecule has 1 N–H and O–H groups in total. The third-order valence-electron chi connectivity index (χ3n) is 2.99. The lowest BCUT2D eigenvalue weighted by atomic mass is 10.0. The molecule has 0 aliphatic rings. The number of aromatic nitrogens is 2. The molecule has 2 aromatic rings. The van der Waals surface area contributed by atoms with Crippen molar-refractivity contribution in [3.8, 4) is 0 Å². The number of hydrogen-bond acceptors (Lipinski definition) is 2. The van der Waals surface area contributed by atoms with Gasteiger partial charge in [-0.05, 0) is 53.8 Å². The van der Waals surface area contributed by atoms with E-state index >= 15 is 0 Å². The maximum absolute atomic E-state index is 13.2. The first-order valence-corrected chi connectivity index (χ1v) is 7.44. The highest BCUT2D eigenvalue weighted by Crippen LogP contribution is 2.26. The fourth-order valence-electron chi connectivity index (χ4n) is 2.05. The van der Waals surface area contributed by atoms with E-state index in [2.05, 4.69) is 46.9 Å². The summed E-state index contributed by atoms with van der Waals surface area (Å²) in [7, 11) is 0. The van der Waals surface area contributed by atoms with Gasteiger partial charge in [0.15, 0.2) is 0 Å². The normalized spacial score (nSPS) is 12.6. The molecule has 102 valence electrons. The summed E-state index contributed by atoms with van der Waals surface area (Å²) in [6.07, 6.45) is 3.91. The van der Waals surface area contributed by atoms with Gasteiger partial charge in [0.1, 0.15) is 5.82 Å². The van der Waals surface area contributed by atoms with Crippen molar-refractivity contribution < 1.29 is 4.39 Å². The largest absolute Gasteiger partial charge is 0.306 e. The zero-order valence-electron chi connectivity index (χ0n) is 11.0. The summed E-state index contributed by atoms with van der Waals surface area (Å²) in [5.41, 5.74) is 2.19. The number of nitrogens with one attached hydrogen (secondary N) is 1. The van der Waals surface area contributed by atoms with Crippen LogP contribution in [0.1, 0.15) is 31.0 Å². The second-order valence-electron chi connectivity index (χ2n) is 4.29. The minimum Gasteiger partial charge on any atom is -0.306 e. The van der Waals surface area contributed by atoms with E-state index in [0.29, 0.717) is 0 Å². The first kappa shape index (κ1) is 14.5. The predicted octanol–water partition coefficient (Wildman–Crippen LogP) is 3.35. The molecule has 0 aliphatic carbocycles. The molecule has 1 aromatic carbocycles. The summed E-state index contributed by atoms with van der Waals surface area (Å²) in [5, 5.41) is 7.74. The number of rotatable bonds is 5. The Morgan fingerprint density at radius 2 is 2.21 bits per heavy atom. The molecule has 3 nitrogen and oxygen atoms in total. The van der Waals surface area contributed by atoms with Crippen LogP contribution in [0.25, 0.3) is 0 Å². The number of nitrogens with zero attached hydrogens (tertiary/aromatic N) is 2. The molecule has 1 unspecified atom stereocenters. The van der Waals surface area contributed by atoms with Crippen LogP contribution in [0.2, 0.25) is 0 Å². The summed E-state index contributed by atoms with van der Waals surface area (Å²) in [6, 6.07) is 4.96. The maximum atomic E-state index is 13.2. The Hall–Kier alpha value is -0.950. The maximum Gasteiger partial charge on any atom is 0.124 e. The van der Waals surface area contributed by atoms with Gasteiger partial charge in [0.25, 0.3) is 0 Å². The van der Waals surface area contributed by atoms with Crippen molar-refractivity contribution in [2.75, 3.05) is 6.54 Å². The minimum absolute atomic E-state index is 0.0535. The zero-order chi connectivity index (χ0) is 13.8. The van der Waals surface area contributed by atoms with E-state index in [-0.39, 0.29) is 11.9 Å². The van der Waals surface area contributed by atoms with Gasteiger partial charge in [-0.15, -0.1) is 0 Å². The van der Waals surface area contributed by atoms with Crippen molar-refractivity contribution >= 4 is 22.6 Å². The standard InChI is InChI=1S/C14H17FIN3/c1-3-17-14(10-8-18-19(4-2)9-10)12-6-5-11(15)7-13(12)16/h5-9,14,17H,3-4H2,1-2H3. The van der Waals surface area contributed by atoms with E-state index in [1.165, 1.54) is 6.07 Å². The molecule has 19 heavy (non-hydrogen) atoms. The van der Waals surface area contributed by atoms with E-state index in [1.54, 1.807) is 6.07 Å². The quantitative estimate of drug-likeness (QED) is 0.815. The van der Waals surface area contributed by atoms with E-state index in [0.717, 1.165) is 27.8 Å². The Morgan fingerprint density at radius 3 is 2.79 bits per heavy atom. The molecule has 1 atom stereocenters. The molecule has 1 heterocycles. The van der Waals surface area contributed by atoms with E-state index < -0.39 is 0 Å². The van der Waals surface area contributed by atoms with Crippen LogP contribution in [-0.4, -0.2) is 16.3 Å². The lowest BCUT2D eigenvalue weighted by Gasteiger charge is -2.18. The monoisotopic (exact) mass is 373 g/mol. The molecule has 1 aromatic heterocycles. The highest BCUT2D eigenvalue weighted by molar-refractivity contribution is 14.1. The summed E-state index contributed by atoms with van der Waals surface area (Å²) in [6.45, 7) is 5.81. The molecule has 0 aliphatic heterocycles. The number of aryl methyl sites for hydroxylation is 1. The third kappa shape index (κ3) is 3.33. The summed E-state index contributed by atoms with van der Waals surface area (Å²) in [4.78, 5) is 0. The minimum atomic E-state index is -0.201. The third-order valence-corrected chi connectivity index (χ3v) is 3.93. The average molecular weight is 373 g/mol. The zero-order valence-corrected chi connectivity index (χ0v) is 13.2. The fraction of sp³-hybridized carbons (Fsp3) is 0.357. The molecule has 5 heteroatoms. The molecule has 0 amide bonds. The van der Waals surface area contributed by atoms with Gasteiger partial charge in [0, 0.05) is 21.9 Å². The van der Waals surface area contributed by atoms with Crippen molar-refractivity contribution in [3.05, 3.63) is 51.1 Å². The van der Waals surface area contributed by atoms with Crippen LogP contribution in [0.5, 0.6) is 0 Å². The van der Waals surface area contributed by atoms with Crippen LogP contribution in [0, 0.1) is 9.39 Å². The summed E-state index contributed by atoms with van der Waals surface area (Å²) in [5.74, 6) is -0.201. The van der Waals surface area contributed by atoms with Gasteiger partial charge in [-0.2, -0.15) is 5.10 Å². The SMILES string of the molecule is CCNC(c1cnn(CC)c1)c1ccc(F)cc1I. The van der Waals surface area contributed by atoms with Gasteiger partial charge in [-0.25, -0.2) is 4.39 Å². The van der Waals surface area contributed by atoms with E-state index in [1.807, 2.05) is 23.1 Å². The second-order valence-corrected chi connectivity index (χ2v) is 5.45. The first-order chi connectivity index (χ1) is 9.15. The predicted molar refractivity (Wildman–Crippen MR) is 82.5 cm³/mol. The van der Waals surface area contributed by atoms with Crippen LogP contribution in [0.3, 0.4) is 0 Å². The van der Waals surface area contributed by atoms with Gasteiger partial charge in [0.05, 0.1) is 12.2 Å². The second kappa shape index (κ2) is 6.47. The highest BCUT2D eigenvalue weighted by atomic mass is 127. The van der Waals surface area contributed by atoms with Gasteiger partial charge in [-0.1, -0.05) is 13.0 Å². The Balaban J connectivity index is 2.38. The molecule has 0 radical (unpaired) electrons. The van der Waals surface area contributed by atoms with Crippen molar-refractivity contribution in [3.63, 3.8) is 0 Å². The lowest BCUT2D eigenvalue weighted by Crippen LogP contribution is -2.22.